The minimum absolute atomic E-state index is 0.0753. The maximum atomic E-state index is 14.2. The Bertz CT molecular complexity index is 1310. The van der Waals surface area contributed by atoms with E-state index in [2.05, 4.69) is 5.32 Å². The molecule has 4 N–H and O–H groups in total. The van der Waals surface area contributed by atoms with Crippen LogP contribution in [0.1, 0.15) is 37.3 Å². The Morgan fingerprint density at radius 3 is 2.44 bits per heavy atom. The van der Waals surface area contributed by atoms with Crippen LogP contribution in [-0.2, 0) is 34.8 Å². The number of carbonyl (C=O) groups excluding carboxylic acids is 2. The number of benzene rings is 1. The fourth-order valence-electron chi connectivity index (χ4n) is 5.57. The Labute approximate surface area is 225 Å². The SMILES string of the molecule is COC(=O)C1=C(C)NC(C)=C(C(=O)[C@@]2(O)CO[C@@]3(CC(=O)O)[C@@H](O)CO[C@@H]32)C1c1cccc(C(F)(F)F)c1Cl. The molecular weight excluding hydrogens is 551 g/mol. The maximum Gasteiger partial charge on any atom is 0.417 e. The van der Waals surface area contributed by atoms with Crippen LogP contribution in [-0.4, -0.2) is 76.8 Å². The lowest BCUT2D eigenvalue weighted by atomic mass is 9.72. The van der Waals surface area contributed by atoms with E-state index in [1.165, 1.54) is 19.9 Å². The number of aliphatic hydroxyl groups is 2. The molecule has 0 saturated carbocycles. The minimum Gasteiger partial charge on any atom is -0.481 e. The molecule has 0 aromatic heterocycles. The van der Waals surface area contributed by atoms with Gasteiger partial charge in [-0.05, 0) is 25.5 Å². The van der Waals surface area contributed by atoms with Crippen molar-refractivity contribution in [3.8, 4) is 0 Å². The first kappa shape index (κ1) is 29.0. The number of carboxylic acid groups (broad SMARTS) is 1. The summed E-state index contributed by atoms with van der Waals surface area (Å²) < 4.78 is 57.1. The third kappa shape index (κ3) is 4.51. The number of esters is 1. The van der Waals surface area contributed by atoms with Crippen molar-refractivity contribution in [3.63, 3.8) is 0 Å². The van der Waals surface area contributed by atoms with Crippen LogP contribution in [0, 0.1) is 0 Å². The van der Waals surface area contributed by atoms with Crippen LogP contribution in [0.2, 0.25) is 5.02 Å². The van der Waals surface area contributed by atoms with Gasteiger partial charge in [0.25, 0.3) is 0 Å². The predicted octanol–water partition coefficient (Wildman–Crippen LogP) is 2.07. The highest BCUT2D eigenvalue weighted by Crippen LogP contribution is 2.50. The summed E-state index contributed by atoms with van der Waals surface area (Å²) in [5.74, 6) is -5.02. The van der Waals surface area contributed by atoms with Crippen molar-refractivity contribution < 1.29 is 57.1 Å². The molecule has 2 fully saturated rings. The van der Waals surface area contributed by atoms with Gasteiger partial charge in [0.05, 0.1) is 42.9 Å². The van der Waals surface area contributed by atoms with Crippen molar-refractivity contribution in [2.75, 3.05) is 20.3 Å². The van der Waals surface area contributed by atoms with E-state index in [1.807, 2.05) is 0 Å². The highest BCUT2D eigenvalue weighted by Gasteiger charge is 2.69. The number of nitrogens with one attached hydrogen (secondary N) is 1. The standard InChI is InChI=1S/C25H25ClF3NO9/c1-10-16(20(34)23(36)9-39-24(7-15(32)33)14(31)8-38-22(23)24)18(17(11(2)30-10)21(35)37-3)12-5-4-6-13(19(12)26)25(27,28)29/h4-6,14,18,22,30-31,36H,7-9H2,1-3H3,(H,32,33)/t14-,18?,22+,23-,24-/m0/s1. The second-order valence-corrected chi connectivity index (χ2v) is 10.0. The van der Waals surface area contributed by atoms with Crippen molar-refractivity contribution in [2.24, 2.45) is 0 Å². The van der Waals surface area contributed by atoms with E-state index in [0.717, 1.165) is 19.2 Å². The summed E-state index contributed by atoms with van der Waals surface area (Å²) in [5, 5.41) is 33.6. The van der Waals surface area contributed by atoms with Crippen LogP contribution in [0.3, 0.4) is 0 Å². The Hall–Kier alpha value is -2.97. The summed E-state index contributed by atoms with van der Waals surface area (Å²) in [6, 6.07) is 3.02. The first-order chi connectivity index (χ1) is 18.1. The van der Waals surface area contributed by atoms with E-state index >= 15 is 0 Å². The van der Waals surface area contributed by atoms with E-state index in [1.54, 1.807) is 0 Å². The second kappa shape index (κ2) is 9.89. The number of aliphatic hydroxyl groups excluding tert-OH is 1. The van der Waals surface area contributed by atoms with E-state index in [4.69, 9.17) is 25.8 Å². The average molecular weight is 576 g/mol. The molecule has 4 rings (SSSR count). The Balaban J connectivity index is 1.91. The van der Waals surface area contributed by atoms with E-state index in [9.17, 15) is 42.9 Å². The summed E-state index contributed by atoms with van der Waals surface area (Å²) in [6.45, 7) is 1.62. The van der Waals surface area contributed by atoms with Crippen molar-refractivity contribution in [1.82, 2.24) is 5.32 Å². The number of dihydropyridines is 1. The van der Waals surface area contributed by atoms with Crippen LogP contribution < -0.4 is 5.32 Å². The van der Waals surface area contributed by atoms with Gasteiger partial charge < -0.3 is 34.8 Å². The molecule has 39 heavy (non-hydrogen) atoms. The number of carboxylic acids is 1. The number of fused-ring (bicyclic) bond motifs is 1. The molecule has 1 aromatic rings. The molecule has 1 unspecified atom stereocenters. The van der Waals surface area contributed by atoms with Gasteiger partial charge in [-0.1, -0.05) is 23.7 Å². The fourth-order valence-corrected chi connectivity index (χ4v) is 5.91. The number of ether oxygens (including phenoxy) is 3. The van der Waals surface area contributed by atoms with E-state index < -0.39 is 83.4 Å². The largest absolute Gasteiger partial charge is 0.481 e. The Morgan fingerprint density at radius 1 is 1.21 bits per heavy atom. The van der Waals surface area contributed by atoms with Crippen molar-refractivity contribution in [1.29, 1.82) is 0 Å². The molecule has 0 bridgehead atoms. The van der Waals surface area contributed by atoms with Gasteiger partial charge in [-0.25, -0.2) is 4.79 Å². The number of rotatable bonds is 6. The summed E-state index contributed by atoms with van der Waals surface area (Å²) >= 11 is 6.23. The maximum absolute atomic E-state index is 14.2. The van der Waals surface area contributed by atoms with Gasteiger partial charge >= 0.3 is 18.1 Å². The molecular formula is C25H25ClF3NO9. The number of ketones is 1. The molecule has 212 valence electrons. The molecule has 5 atom stereocenters. The highest BCUT2D eigenvalue weighted by atomic mass is 35.5. The number of Topliss-reactive ketones (excluding diaryl/α,β-unsaturated/α-hetero) is 1. The number of aliphatic carboxylic acids is 1. The fraction of sp³-hybridized carbons (Fsp3) is 0.480. The molecule has 3 heterocycles. The highest BCUT2D eigenvalue weighted by molar-refractivity contribution is 6.32. The number of hydrogen-bond acceptors (Lipinski definition) is 9. The molecule has 1 aromatic carbocycles. The van der Waals surface area contributed by atoms with Crippen molar-refractivity contribution in [3.05, 3.63) is 56.9 Å². The molecule has 0 amide bonds. The van der Waals surface area contributed by atoms with Crippen LogP contribution in [0.25, 0.3) is 0 Å². The average Bonchev–Trinajstić information content (AvgIpc) is 3.31. The topological polar surface area (TPSA) is 152 Å². The number of carbonyl (C=O) groups is 3. The first-order valence-electron chi connectivity index (χ1n) is 11.6. The quantitative estimate of drug-likeness (QED) is 0.371. The van der Waals surface area contributed by atoms with Crippen LogP contribution in [0.5, 0.6) is 0 Å². The first-order valence-corrected chi connectivity index (χ1v) is 12.0. The predicted molar refractivity (Wildman–Crippen MR) is 126 cm³/mol. The van der Waals surface area contributed by atoms with Gasteiger partial charge in [0.15, 0.2) is 11.4 Å². The smallest absolute Gasteiger partial charge is 0.417 e. The third-order valence-corrected chi connectivity index (χ3v) is 7.72. The van der Waals surface area contributed by atoms with Crippen molar-refractivity contribution >= 4 is 29.3 Å². The molecule has 10 nitrogen and oxygen atoms in total. The zero-order valence-electron chi connectivity index (χ0n) is 20.9. The van der Waals surface area contributed by atoms with Gasteiger partial charge in [-0.15, -0.1) is 0 Å². The minimum atomic E-state index is -4.87. The summed E-state index contributed by atoms with van der Waals surface area (Å²) in [7, 11) is 1.05. The zero-order chi connectivity index (χ0) is 29.1. The lowest BCUT2D eigenvalue weighted by Gasteiger charge is -2.36. The van der Waals surface area contributed by atoms with Gasteiger partial charge in [-0.3, -0.25) is 9.59 Å². The van der Waals surface area contributed by atoms with Crippen LogP contribution >= 0.6 is 11.6 Å². The zero-order valence-corrected chi connectivity index (χ0v) is 21.6. The molecule has 3 aliphatic heterocycles. The molecule has 2 saturated heterocycles. The Morgan fingerprint density at radius 2 is 1.85 bits per heavy atom. The van der Waals surface area contributed by atoms with Crippen LogP contribution in [0.15, 0.2) is 40.7 Å². The molecule has 0 spiro atoms. The lowest BCUT2D eigenvalue weighted by Crippen LogP contribution is -2.57. The summed E-state index contributed by atoms with van der Waals surface area (Å²) in [6.07, 6.45) is -8.81. The number of halogens is 4. The Kier molecular flexibility index (Phi) is 7.36. The number of hydrogen-bond donors (Lipinski definition) is 4. The van der Waals surface area contributed by atoms with Gasteiger partial charge in [0.2, 0.25) is 0 Å². The lowest BCUT2D eigenvalue weighted by molar-refractivity contribution is -0.151. The molecule has 14 heteroatoms. The van der Waals surface area contributed by atoms with Crippen molar-refractivity contribution in [2.45, 2.75) is 55.8 Å². The summed E-state index contributed by atoms with van der Waals surface area (Å²) in [4.78, 5) is 38.6. The molecule has 0 aliphatic carbocycles. The van der Waals surface area contributed by atoms with Gasteiger partial charge in [0, 0.05) is 22.9 Å². The number of methoxy groups -OCH3 is 1. The monoisotopic (exact) mass is 575 g/mol. The van der Waals surface area contributed by atoms with E-state index in [0.29, 0.717) is 0 Å². The summed E-state index contributed by atoms with van der Waals surface area (Å²) in [5.41, 5.74) is -6.36. The van der Waals surface area contributed by atoms with Gasteiger partial charge in [0.1, 0.15) is 17.8 Å². The number of allylic oxidation sites excluding steroid dienone is 2. The third-order valence-electron chi connectivity index (χ3n) is 7.30. The normalized spacial score (nSPS) is 30.7. The van der Waals surface area contributed by atoms with Crippen LogP contribution in [0.4, 0.5) is 13.2 Å². The molecule has 3 aliphatic rings. The molecule has 0 radical (unpaired) electrons. The van der Waals surface area contributed by atoms with Gasteiger partial charge in [-0.2, -0.15) is 13.2 Å². The van der Waals surface area contributed by atoms with E-state index in [-0.39, 0.29) is 28.1 Å². The second-order valence-electron chi connectivity index (χ2n) is 9.63. The number of alkyl halides is 3.